The monoisotopic (exact) mass is 285 g/mol. The average Bonchev–Trinajstić information content (AvgIpc) is 3.27. The molecule has 2 aromatic carbocycles. The van der Waals surface area contributed by atoms with Crippen LogP contribution in [0.15, 0.2) is 36.4 Å². The Hall–Kier alpha value is -1.58. The summed E-state index contributed by atoms with van der Waals surface area (Å²) in [6.45, 7) is 2.15. The van der Waals surface area contributed by atoms with Crippen molar-refractivity contribution in [2.45, 2.75) is 25.8 Å². The topological polar surface area (TPSA) is 41.5 Å². The van der Waals surface area contributed by atoms with Crippen LogP contribution in [0.1, 0.15) is 24.8 Å². The normalized spacial score (nSPS) is 16.1. The first kappa shape index (κ1) is 14.4. The molecule has 21 heavy (non-hydrogen) atoms. The highest BCUT2D eigenvalue weighted by Gasteiger charge is 2.41. The first-order valence-electron chi connectivity index (χ1n) is 7.64. The second kappa shape index (κ2) is 6.04. The lowest BCUT2D eigenvalue weighted by Crippen LogP contribution is -2.24. The van der Waals surface area contributed by atoms with E-state index in [2.05, 4.69) is 29.6 Å². The smallest absolute Gasteiger partial charge is 0.126 e. The fourth-order valence-corrected chi connectivity index (χ4v) is 3.06. The van der Waals surface area contributed by atoms with E-state index >= 15 is 0 Å². The second-order valence-electron chi connectivity index (χ2n) is 6.05. The number of nitrogens with one attached hydrogen (secondary N) is 1. The average molecular weight is 285 g/mol. The van der Waals surface area contributed by atoms with Crippen LogP contribution in [0.5, 0.6) is 5.75 Å². The van der Waals surface area contributed by atoms with Gasteiger partial charge in [-0.25, -0.2) is 0 Å². The number of hydrogen-bond donors (Lipinski definition) is 2. The first-order valence-corrected chi connectivity index (χ1v) is 7.64. The molecule has 0 heterocycles. The number of aliphatic hydroxyl groups excluding tert-OH is 1. The van der Waals surface area contributed by atoms with Crippen molar-refractivity contribution in [2.24, 2.45) is 5.41 Å². The maximum Gasteiger partial charge on any atom is 0.126 e. The molecule has 0 saturated heterocycles. The molecule has 0 bridgehead atoms. The van der Waals surface area contributed by atoms with E-state index in [9.17, 15) is 0 Å². The molecule has 1 aliphatic carbocycles. The molecule has 2 aromatic rings. The highest BCUT2D eigenvalue weighted by Crippen LogP contribution is 2.47. The number of methoxy groups -OCH3 is 1. The summed E-state index contributed by atoms with van der Waals surface area (Å²) in [5.41, 5.74) is 1.66. The van der Waals surface area contributed by atoms with Crippen LogP contribution in [0.4, 0.5) is 0 Å². The molecule has 112 valence electrons. The second-order valence-corrected chi connectivity index (χ2v) is 6.05. The maximum atomic E-state index is 9.12. The molecule has 3 rings (SSSR count). The zero-order valence-electron chi connectivity index (χ0n) is 12.6. The van der Waals surface area contributed by atoms with E-state index in [1.165, 1.54) is 23.8 Å². The van der Waals surface area contributed by atoms with Gasteiger partial charge in [-0.15, -0.1) is 0 Å². The SMILES string of the molecule is COc1ccc(CNCC2(CCO)CC2)c2ccccc12. The van der Waals surface area contributed by atoms with Crippen LogP contribution in [-0.2, 0) is 6.54 Å². The van der Waals surface area contributed by atoms with Gasteiger partial charge in [0.05, 0.1) is 7.11 Å². The van der Waals surface area contributed by atoms with Gasteiger partial charge in [0.1, 0.15) is 5.75 Å². The molecule has 0 amide bonds. The summed E-state index contributed by atoms with van der Waals surface area (Å²) < 4.78 is 5.43. The fourth-order valence-electron chi connectivity index (χ4n) is 3.06. The third-order valence-corrected chi connectivity index (χ3v) is 4.61. The number of aliphatic hydroxyl groups is 1. The van der Waals surface area contributed by atoms with E-state index in [4.69, 9.17) is 9.84 Å². The van der Waals surface area contributed by atoms with Gasteiger partial charge in [-0.3, -0.25) is 0 Å². The van der Waals surface area contributed by atoms with Gasteiger partial charge in [-0.05, 0) is 41.7 Å². The Bertz CT molecular complexity index is 620. The van der Waals surface area contributed by atoms with Crippen molar-refractivity contribution in [3.63, 3.8) is 0 Å². The molecule has 1 fully saturated rings. The quantitative estimate of drug-likeness (QED) is 0.821. The van der Waals surface area contributed by atoms with Crippen LogP contribution in [0.25, 0.3) is 10.8 Å². The van der Waals surface area contributed by atoms with Crippen LogP contribution >= 0.6 is 0 Å². The van der Waals surface area contributed by atoms with Gasteiger partial charge in [0.25, 0.3) is 0 Å². The molecule has 1 saturated carbocycles. The summed E-state index contributed by atoms with van der Waals surface area (Å²) in [5.74, 6) is 0.924. The van der Waals surface area contributed by atoms with Gasteiger partial charge in [0.15, 0.2) is 0 Å². The summed E-state index contributed by atoms with van der Waals surface area (Å²) in [7, 11) is 1.71. The van der Waals surface area contributed by atoms with Crippen LogP contribution < -0.4 is 10.1 Å². The molecule has 2 N–H and O–H groups in total. The zero-order chi connectivity index (χ0) is 14.7. The molecule has 3 heteroatoms. The number of hydrogen-bond acceptors (Lipinski definition) is 3. The third-order valence-electron chi connectivity index (χ3n) is 4.61. The minimum atomic E-state index is 0.299. The molecule has 0 unspecified atom stereocenters. The standard InChI is InChI=1S/C18H23NO2/c1-21-17-7-6-14(15-4-2-3-5-16(15)17)12-19-13-18(8-9-18)10-11-20/h2-7,19-20H,8-13H2,1H3. The summed E-state index contributed by atoms with van der Waals surface area (Å²) in [6, 6.07) is 12.5. The minimum absolute atomic E-state index is 0.299. The summed E-state index contributed by atoms with van der Waals surface area (Å²) in [5, 5.41) is 15.1. The minimum Gasteiger partial charge on any atom is -0.496 e. The predicted octanol–water partition coefficient (Wildman–Crippen LogP) is 3.10. The van der Waals surface area contributed by atoms with Crippen LogP contribution in [0.3, 0.4) is 0 Å². The predicted molar refractivity (Wildman–Crippen MR) is 85.6 cm³/mol. The van der Waals surface area contributed by atoms with E-state index in [-0.39, 0.29) is 0 Å². The van der Waals surface area contributed by atoms with Crippen LogP contribution in [-0.4, -0.2) is 25.4 Å². The van der Waals surface area contributed by atoms with E-state index in [1.54, 1.807) is 7.11 Å². The molecule has 3 nitrogen and oxygen atoms in total. The van der Waals surface area contributed by atoms with Crippen molar-refractivity contribution >= 4 is 10.8 Å². The van der Waals surface area contributed by atoms with Crippen LogP contribution in [0.2, 0.25) is 0 Å². The molecule has 0 spiro atoms. The van der Waals surface area contributed by atoms with Crippen molar-refractivity contribution in [2.75, 3.05) is 20.3 Å². The van der Waals surface area contributed by atoms with E-state index in [0.29, 0.717) is 12.0 Å². The van der Waals surface area contributed by atoms with Crippen molar-refractivity contribution in [1.82, 2.24) is 5.32 Å². The Balaban J connectivity index is 1.73. The first-order chi connectivity index (χ1) is 10.3. The van der Waals surface area contributed by atoms with Gasteiger partial charge >= 0.3 is 0 Å². The largest absolute Gasteiger partial charge is 0.496 e. The molecule has 0 atom stereocenters. The van der Waals surface area contributed by atoms with Gasteiger partial charge in [0, 0.05) is 25.1 Å². The number of benzene rings is 2. The van der Waals surface area contributed by atoms with Crippen molar-refractivity contribution < 1.29 is 9.84 Å². The lowest BCUT2D eigenvalue weighted by atomic mass is 10.0. The highest BCUT2D eigenvalue weighted by molar-refractivity contribution is 5.91. The van der Waals surface area contributed by atoms with E-state index in [1.807, 2.05) is 12.1 Å². The van der Waals surface area contributed by atoms with E-state index < -0.39 is 0 Å². The molecular weight excluding hydrogens is 262 g/mol. The van der Waals surface area contributed by atoms with Crippen molar-refractivity contribution in [1.29, 1.82) is 0 Å². The van der Waals surface area contributed by atoms with Gasteiger partial charge < -0.3 is 15.2 Å². The number of ether oxygens (including phenoxy) is 1. The fraction of sp³-hybridized carbons (Fsp3) is 0.444. The van der Waals surface area contributed by atoms with E-state index in [0.717, 1.165) is 30.6 Å². The highest BCUT2D eigenvalue weighted by atomic mass is 16.5. The summed E-state index contributed by atoms with van der Waals surface area (Å²) in [6.07, 6.45) is 3.40. The number of rotatable bonds is 7. The summed E-state index contributed by atoms with van der Waals surface area (Å²) in [4.78, 5) is 0. The molecule has 0 radical (unpaired) electrons. The number of fused-ring (bicyclic) bond motifs is 1. The Morgan fingerprint density at radius 2 is 1.90 bits per heavy atom. The lowest BCUT2D eigenvalue weighted by molar-refractivity contribution is 0.245. The molecule has 1 aliphatic rings. The molecule has 0 aliphatic heterocycles. The Morgan fingerprint density at radius 3 is 2.57 bits per heavy atom. The third kappa shape index (κ3) is 3.04. The van der Waals surface area contributed by atoms with Crippen LogP contribution in [0, 0.1) is 5.41 Å². The Kier molecular flexibility index (Phi) is 4.13. The molecule has 0 aromatic heterocycles. The lowest BCUT2D eigenvalue weighted by Gasteiger charge is -2.16. The molecular formula is C18H23NO2. The van der Waals surface area contributed by atoms with Crippen molar-refractivity contribution in [3.05, 3.63) is 42.0 Å². The summed E-state index contributed by atoms with van der Waals surface area (Å²) >= 11 is 0. The Morgan fingerprint density at radius 1 is 1.14 bits per heavy atom. The zero-order valence-corrected chi connectivity index (χ0v) is 12.6. The van der Waals surface area contributed by atoms with Crippen molar-refractivity contribution in [3.8, 4) is 5.75 Å². The van der Waals surface area contributed by atoms with Gasteiger partial charge in [0.2, 0.25) is 0 Å². The van der Waals surface area contributed by atoms with Gasteiger partial charge in [-0.1, -0.05) is 30.3 Å². The van der Waals surface area contributed by atoms with Gasteiger partial charge in [-0.2, -0.15) is 0 Å². The Labute approximate surface area is 125 Å². The maximum absolute atomic E-state index is 9.12.